The van der Waals surface area contributed by atoms with Crippen LogP contribution in [0, 0.1) is 11.6 Å². The summed E-state index contributed by atoms with van der Waals surface area (Å²) < 4.78 is 26.6. The second-order valence-corrected chi connectivity index (χ2v) is 12.7. The predicted octanol–water partition coefficient (Wildman–Crippen LogP) is 9.66. The van der Waals surface area contributed by atoms with Gasteiger partial charge in [0.1, 0.15) is 28.9 Å². The molecule has 0 spiro atoms. The fourth-order valence-electron chi connectivity index (χ4n) is 6.63. The molecule has 7 nitrogen and oxygen atoms in total. The van der Waals surface area contributed by atoms with Crippen molar-refractivity contribution >= 4 is 5.57 Å². The van der Waals surface area contributed by atoms with Gasteiger partial charge in [0.25, 0.3) is 0 Å². The van der Waals surface area contributed by atoms with E-state index in [1.165, 1.54) is 42.7 Å². The number of rotatable bonds is 6. The van der Waals surface area contributed by atoms with E-state index >= 15 is 0 Å². The van der Waals surface area contributed by atoms with Crippen LogP contribution >= 0.6 is 0 Å². The summed E-state index contributed by atoms with van der Waals surface area (Å²) in [6.45, 7) is 0. The largest absolute Gasteiger partial charge is 0.382 e. The van der Waals surface area contributed by atoms with E-state index in [2.05, 4.69) is 26.0 Å². The summed E-state index contributed by atoms with van der Waals surface area (Å²) in [4.78, 5) is 24.5. The molecule has 0 unspecified atom stereocenters. The van der Waals surface area contributed by atoms with Crippen molar-refractivity contribution in [2.24, 2.45) is 0 Å². The number of aromatic nitrogens is 6. The highest BCUT2D eigenvalue weighted by Crippen LogP contribution is 2.39. The molecule has 0 atom stereocenters. The van der Waals surface area contributed by atoms with Gasteiger partial charge in [-0.15, -0.1) is 0 Å². The molecule has 3 N–H and O–H groups in total. The van der Waals surface area contributed by atoms with E-state index in [0.29, 0.717) is 18.7 Å². The van der Waals surface area contributed by atoms with Crippen LogP contribution in [0.3, 0.4) is 0 Å². The minimum Gasteiger partial charge on any atom is -0.382 e. The minimum atomic E-state index is -0.918. The number of aliphatic hydroxyl groups is 1. The van der Waals surface area contributed by atoms with E-state index in [1.54, 1.807) is 49.1 Å². The molecule has 4 heterocycles. The number of hydrogen-bond donors (Lipinski definition) is 3. The van der Waals surface area contributed by atoms with Gasteiger partial charge in [0.2, 0.25) is 0 Å². The maximum atomic E-state index is 13.3. The lowest BCUT2D eigenvalue weighted by Crippen LogP contribution is -2.29. The summed E-state index contributed by atoms with van der Waals surface area (Å²) in [5.41, 5.74) is 7.38. The Morgan fingerprint density at radius 2 is 1.10 bits per heavy atom. The maximum Gasteiger partial charge on any atom is 0.139 e. The summed E-state index contributed by atoms with van der Waals surface area (Å²) in [5, 5.41) is 11.1. The Morgan fingerprint density at radius 1 is 0.571 bits per heavy atom. The molecule has 2 aromatic carbocycles. The molecule has 2 aliphatic rings. The van der Waals surface area contributed by atoms with Crippen molar-refractivity contribution < 1.29 is 13.9 Å². The van der Waals surface area contributed by atoms with Crippen molar-refractivity contribution in [1.82, 2.24) is 29.9 Å². The van der Waals surface area contributed by atoms with Crippen LogP contribution in [0.2, 0.25) is 0 Å². The zero-order valence-corrected chi connectivity index (χ0v) is 27.2. The van der Waals surface area contributed by atoms with Crippen LogP contribution in [0.4, 0.5) is 8.78 Å². The first-order chi connectivity index (χ1) is 24.0. The zero-order chi connectivity index (χ0) is 33.6. The van der Waals surface area contributed by atoms with Crippen molar-refractivity contribution in [3.05, 3.63) is 127 Å². The van der Waals surface area contributed by atoms with Crippen LogP contribution in [-0.4, -0.2) is 35.0 Å². The van der Waals surface area contributed by atoms with Crippen molar-refractivity contribution in [2.45, 2.75) is 63.4 Å². The molecule has 0 saturated heterocycles. The Kier molecular flexibility index (Phi) is 9.52. The summed E-state index contributed by atoms with van der Waals surface area (Å²) in [6.07, 6.45) is 18.4. The molecule has 8 rings (SSSR count). The van der Waals surface area contributed by atoms with Gasteiger partial charge in [0.05, 0.1) is 22.8 Å². The van der Waals surface area contributed by atoms with E-state index in [-0.39, 0.29) is 11.6 Å². The number of allylic oxidation sites excluding steroid dienone is 2. The molecule has 49 heavy (non-hydrogen) atoms. The lowest BCUT2D eigenvalue weighted by Gasteiger charge is -2.29. The number of imidazole rings is 2. The minimum absolute atomic E-state index is 0.241. The number of halogens is 2. The normalized spacial score (nSPS) is 15.6. The van der Waals surface area contributed by atoms with Crippen molar-refractivity contribution in [1.29, 1.82) is 0 Å². The van der Waals surface area contributed by atoms with Crippen LogP contribution < -0.4 is 0 Å². The van der Waals surface area contributed by atoms with Gasteiger partial charge in [-0.2, -0.15) is 0 Å². The van der Waals surface area contributed by atoms with E-state index in [4.69, 9.17) is 9.97 Å². The average Bonchev–Trinajstić information content (AvgIpc) is 3.81. The standard InChI is InChI=1S/C20H20FN3O.C20H18FN3/c21-16-6-4-14(5-7-16)17-18(15-8-12-22-13-9-15)24-19(23-17)20(25)10-2-1-3-11-20;21-17-8-6-14(7-9-17)18-19(15-10-12-22-13-11-15)24-20(23-18)16-4-2-1-3-5-16/h4-9,12-13,25H,1-3,10-11H2,(H,23,24);4,6-13H,1-3,5H2,(H,23,24). The van der Waals surface area contributed by atoms with Crippen LogP contribution in [-0.2, 0) is 5.60 Å². The van der Waals surface area contributed by atoms with Crippen molar-refractivity contribution in [3.63, 3.8) is 0 Å². The Bertz CT molecular complexity index is 2010. The van der Waals surface area contributed by atoms with E-state index < -0.39 is 5.60 Å². The smallest absolute Gasteiger partial charge is 0.139 e. The van der Waals surface area contributed by atoms with Crippen molar-refractivity contribution in [2.75, 3.05) is 0 Å². The quantitative estimate of drug-likeness (QED) is 0.166. The fourth-order valence-corrected chi connectivity index (χ4v) is 6.63. The second-order valence-electron chi connectivity index (χ2n) is 12.7. The van der Waals surface area contributed by atoms with E-state index in [1.807, 2.05) is 24.3 Å². The Hall–Kier alpha value is -5.28. The number of pyridine rings is 2. The molecule has 2 aliphatic carbocycles. The van der Waals surface area contributed by atoms with Gasteiger partial charge in [-0.25, -0.2) is 18.7 Å². The third-order valence-electron chi connectivity index (χ3n) is 9.30. The van der Waals surface area contributed by atoms with Crippen molar-refractivity contribution in [3.8, 4) is 45.0 Å². The first-order valence-corrected chi connectivity index (χ1v) is 16.9. The fraction of sp³-hybridized carbons (Fsp3) is 0.250. The summed E-state index contributed by atoms with van der Waals surface area (Å²) in [5.74, 6) is 0.991. The highest BCUT2D eigenvalue weighted by Gasteiger charge is 2.35. The molecule has 6 aromatic rings. The Balaban J connectivity index is 0.000000154. The molecule has 0 bridgehead atoms. The molecule has 9 heteroatoms. The van der Waals surface area contributed by atoms with Crippen LogP contribution in [0.15, 0.2) is 104 Å². The Labute approximate surface area is 284 Å². The van der Waals surface area contributed by atoms with Gasteiger partial charge < -0.3 is 15.1 Å². The topological polar surface area (TPSA) is 103 Å². The predicted molar refractivity (Wildman–Crippen MR) is 188 cm³/mol. The monoisotopic (exact) mass is 656 g/mol. The SMILES string of the molecule is Fc1ccc(-c2nc(C3=CCCCC3)[nH]c2-c2ccncc2)cc1.OC1(c2nc(-c3ccc(F)cc3)c(-c3ccncc3)[nH]2)CCCCC1. The number of benzene rings is 2. The molecular formula is C40H38F2N6O. The third-order valence-corrected chi connectivity index (χ3v) is 9.30. The molecule has 248 valence electrons. The van der Waals surface area contributed by atoms with Gasteiger partial charge in [-0.1, -0.05) is 25.3 Å². The summed E-state index contributed by atoms with van der Waals surface area (Å²) >= 11 is 0. The van der Waals surface area contributed by atoms with Gasteiger partial charge in [-0.05, 0) is 117 Å². The highest BCUT2D eigenvalue weighted by molar-refractivity contribution is 5.81. The van der Waals surface area contributed by atoms with E-state index in [9.17, 15) is 13.9 Å². The first-order valence-electron chi connectivity index (χ1n) is 16.9. The maximum absolute atomic E-state index is 13.3. The summed E-state index contributed by atoms with van der Waals surface area (Å²) in [7, 11) is 0. The molecule has 1 fully saturated rings. The van der Waals surface area contributed by atoms with Gasteiger partial charge >= 0.3 is 0 Å². The number of nitrogens with one attached hydrogen (secondary N) is 2. The first kappa shape index (κ1) is 32.3. The molecule has 4 aromatic heterocycles. The number of nitrogens with zero attached hydrogens (tertiary/aromatic N) is 4. The van der Waals surface area contributed by atoms with Crippen LogP contribution in [0.5, 0.6) is 0 Å². The third kappa shape index (κ3) is 7.27. The number of aromatic amines is 2. The highest BCUT2D eigenvalue weighted by atomic mass is 19.1. The Morgan fingerprint density at radius 3 is 1.63 bits per heavy atom. The second kappa shape index (κ2) is 14.5. The van der Waals surface area contributed by atoms with E-state index in [0.717, 1.165) is 83.0 Å². The average molecular weight is 657 g/mol. The molecule has 0 aliphatic heterocycles. The van der Waals surface area contributed by atoms with Gasteiger partial charge in [0.15, 0.2) is 0 Å². The summed E-state index contributed by atoms with van der Waals surface area (Å²) in [6, 6.07) is 20.5. The van der Waals surface area contributed by atoms with Crippen LogP contribution in [0.1, 0.15) is 69.4 Å². The molecule has 1 saturated carbocycles. The molecule has 0 radical (unpaired) electrons. The molecule has 0 amide bonds. The lowest BCUT2D eigenvalue weighted by atomic mass is 9.84. The van der Waals surface area contributed by atoms with Gasteiger partial charge in [-0.3, -0.25) is 9.97 Å². The number of hydrogen-bond acceptors (Lipinski definition) is 5. The molecular weight excluding hydrogens is 618 g/mol. The lowest BCUT2D eigenvalue weighted by molar-refractivity contribution is -0.00808. The zero-order valence-electron chi connectivity index (χ0n) is 27.2. The van der Waals surface area contributed by atoms with Crippen LogP contribution in [0.25, 0.3) is 50.6 Å². The van der Waals surface area contributed by atoms with Gasteiger partial charge in [0, 0.05) is 47.0 Å². The number of H-pyrrole nitrogens is 2.